The normalized spacial score (nSPS) is 9.82. The Balaban J connectivity index is -0.0000000923. The Bertz CT molecular complexity index is 660. The minimum absolute atomic E-state index is 0.0894. The maximum atomic E-state index is 8.89. The molecule has 0 spiro atoms. The number of aliphatic hydroxyl groups excluding tert-OH is 9. The minimum atomic E-state index is -1.08. The van der Waals surface area contributed by atoms with Crippen LogP contribution in [0.25, 0.3) is 0 Å². The lowest BCUT2D eigenvalue weighted by molar-refractivity contribution is -0.302. The van der Waals surface area contributed by atoms with Crippen molar-refractivity contribution in [3.63, 3.8) is 0 Å². The Morgan fingerprint density at radius 1 is 0.200 bits per heavy atom. The van der Waals surface area contributed by atoms with Gasteiger partial charge in [0, 0.05) is 65.4 Å². The zero-order valence-corrected chi connectivity index (χ0v) is 54.5. The van der Waals surface area contributed by atoms with Gasteiger partial charge in [0.25, 0.3) is 0 Å². The first kappa shape index (κ1) is 105. The molecule has 0 rings (SSSR count). The fraction of sp³-hybridized carbons (Fsp3) is 0.982. The largest absolute Gasteiger partial charge is 0.550 e. The average Bonchev–Trinajstić information content (AvgIpc) is 3.50. The van der Waals surface area contributed by atoms with Gasteiger partial charge in [0.05, 0.1) is 238 Å². The van der Waals surface area contributed by atoms with Crippen LogP contribution in [0, 0.1) is 0 Å². The van der Waals surface area contributed by atoms with Crippen LogP contribution in [-0.4, -0.2) is 349 Å². The van der Waals surface area contributed by atoms with Gasteiger partial charge in [-0.3, -0.25) is 0 Å². The lowest BCUT2D eigenvalue weighted by Gasteiger charge is -2.00. The summed E-state index contributed by atoms with van der Waals surface area (Å²) in [6, 6.07) is 0. The fourth-order valence-corrected chi connectivity index (χ4v) is 3.86. The molecule has 85 heavy (non-hydrogen) atoms. The maximum absolute atomic E-state index is 8.89. The van der Waals surface area contributed by atoms with Crippen molar-refractivity contribution in [3.8, 4) is 0 Å². The van der Waals surface area contributed by atoms with E-state index in [1.54, 1.807) is 0 Å². The molecule has 0 aliphatic carbocycles. The number of aliphatic carboxylic acids is 1. The van der Waals surface area contributed by atoms with E-state index in [4.69, 9.17) is 141 Å². The highest BCUT2D eigenvalue weighted by Crippen LogP contribution is 1.82. The number of carboxylic acid groups (broad SMARTS) is 1. The zero-order valence-electron chi connectivity index (χ0n) is 54.5. The molecule has 29 heteroatoms. The molecular formula is C56H129O29-. The number of carbonyl (C=O) groups is 1. The second-order valence-electron chi connectivity index (χ2n) is 14.3. The van der Waals surface area contributed by atoms with E-state index in [1.807, 2.05) is 62.3 Å². The van der Waals surface area contributed by atoms with Crippen LogP contribution < -0.4 is 5.11 Å². The molecule has 0 aliphatic heterocycles. The number of aliphatic hydroxyl groups is 9. The van der Waals surface area contributed by atoms with E-state index < -0.39 is 5.97 Å². The minimum Gasteiger partial charge on any atom is -0.550 e. The number of hydrogen-bond donors (Lipinski definition) is 9. The van der Waals surface area contributed by atoms with Gasteiger partial charge in [-0.05, 0) is 69.2 Å². The topological polar surface area (TPSA) is 388 Å². The molecule has 0 amide bonds. The predicted molar refractivity (Wildman–Crippen MR) is 320 cm³/mol. The first-order chi connectivity index (χ1) is 41.5. The first-order valence-electron chi connectivity index (χ1n) is 29.5. The highest BCUT2D eigenvalue weighted by molar-refractivity contribution is 5.60. The summed E-state index contributed by atoms with van der Waals surface area (Å²) in [5, 5.41) is 83.2. The van der Waals surface area contributed by atoms with Crippen molar-refractivity contribution in [3.05, 3.63) is 0 Å². The van der Waals surface area contributed by atoms with E-state index in [1.165, 1.54) is 0 Å². The second-order valence-corrected chi connectivity index (χ2v) is 14.3. The van der Waals surface area contributed by atoms with Gasteiger partial charge in [-0.25, -0.2) is 0 Å². The SMILES string of the molecule is CC(=O)[O-].CCOCCOCCO.CCOCCOCCO.CCOCCOCCO.CCOCCOCCO.CCOCCOCCO.CCOCCOCCO.CCOCCOCCO.CCOCCOCCO.CCOCCOCCO. The van der Waals surface area contributed by atoms with E-state index in [9.17, 15) is 0 Å². The first-order valence-corrected chi connectivity index (χ1v) is 29.5. The summed E-state index contributed by atoms with van der Waals surface area (Å²) < 4.78 is 88.9. The van der Waals surface area contributed by atoms with Crippen LogP contribution in [0.5, 0.6) is 0 Å². The zero-order chi connectivity index (χ0) is 66.1. The summed E-state index contributed by atoms with van der Waals surface area (Å²) >= 11 is 0. The van der Waals surface area contributed by atoms with Crippen molar-refractivity contribution in [1.82, 2.24) is 0 Å². The monoisotopic (exact) mass is 1270 g/mol. The number of hydrogen-bond acceptors (Lipinski definition) is 29. The molecule has 528 valence electrons. The van der Waals surface area contributed by atoms with Gasteiger partial charge in [0.2, 0.25) is 0 Å². The van der Waals surface area contributed by atoms with Crippen molar-refractivity contribution < 1.29 is 141 Å². The molecule has 29 nitrogen and oxygen atoms in total. The van der Waals surface area contributed by atoms with Crippen molar-refractivity contribution in [2.24, 2.45) is 0 Å². The molecule has 0 saturated heterocycles. The Labute approximate surface area is 512 Å². The number of carboxylic acids is 1. The van der Waals surface area contributed by atoms with Crippen LogP contribution in [0.3, 0.4) is 0 Å². The van der Waals surface area contributed by atoms with Crippen molar-refractivity contribution >= 4 is 5.97 Å². The summed E-state index contributed by atoms with van der Waals surface area (Å²) in [6.07, 6.45) is 0. The highest BCUT2D eigenvalue weighted by atomic mass is 16.6. The van der Waals surface area contributed by atoms with E-state index in [0.29, 0.717) is 178 Å². The Morgan fingerprint density at radius 3 is 0.329 bits per heavy atom. The van der Waals surface area contributed by atoms with Gasteiger partial charge in [-0.15, -0.1) is 0 Å². The summed E-state index contributed by atoms with van der Waals surface area (Å²) in [4.78, 5) is 8.89. The van der Waals surface area contributed by atoms with Crippen molar-refractivity contribution in [1.29, 1.82) is 0 Å². The summed E-state index contributed by atoms with van der Waals surface area (Å²) in [5.74, 6) is -1.08. The number of ether oxygens (including phenoxy) is 18. The standard InChI is InChI=1S/9C6H14O3.C2H4O2/c9*1-2-8-5-6-9-4-3-7;1-2(3)4/h9*7H,2-6H2,1H3;1H3,(H,3,4)/p-1. The second kappa shape index (κ2) is 132. The van der Waals surface area contributed by atoms with E-state index >= 15 is 0 Å². The Morgan fingerprint density at radius 2 is 0.271 bits per heavy atom. The van der Waals surface area contributed by atoms with E-state index in [-0.39, 0.29) is 59.5 Å². The molecule has 0 radical (unpaired) electrons. The van der Waals surface area contributed by atoms with Gasteiger partial charge in [0.1, 0.15) is 0 Å². The lowest BCUT2D eigenvalue weighted by atomic mass is 10.7. The third kappa shape index (κ3) is 194. The third-order valence-corrected chi connectivity index (χ3v) is 7.31. The molecule has 0 unspecified atom stereocenters. The Hall–Kier alpha value is -1.61. The van der Waals surface area contributed by atoms with Gasteiger partial charge >= 0.3 is 0 Å². The molecule has 9 N–H and O–H groups in total. The third-order valence-electron chi connectivity index (χ3n) is 7.31. The summed E-state index contributed by atoms with van der Waals surface area (Å²) in [6.45, 7) is 40.2. The van der Waals surface area contributed by atoms with Crippen LogP contribution in [-0.2, 0) is 90.1 Å². The Kier molecular flexibility index (Phi) is 163. The van der Waals surface area contributed by atoms with E-state index in [2.05, 4.69) is 0 Å². The molecule has 0 atom stereocenters. The molecule has 0 heterocycles. The molecule has 0 aromatic heterocycles. The van der Waals surface area contributed by atoms with Gasteiger partial charge in [-0.2, -0.15) is 0 Å². The smallest absolute Gasteiger partial charge is 0.0701 e. The van der Waals surface area contributed by atoms with E-state index in [0.717, 1.165) is 66.4 Å². The summed E-state index contributed by atoms with van der Waals surface area (Å²) in [7, 11) is 0. The molecule has 0 saturated carbocycles. The molecule has 0 bridgehead atoms. The fourth-order valence-electron chi connectivity index (χ4n) is 3.86. The van der Waals surface area contributed by atoms with Crippen LogP contribution in [0.2, 0.25) is 0 Å². The molecule has 0 fully saturated rings. The predicted octanol–water partition coefficient (Wildman–Crippen LogP) is -0.958. The molecule has 0 aromatic rings. The highest BCUT2D eigenvalue weighted by Gasteiger charge is 1.90. The lowest BCUT2D eigenvalue weighted by Crippen LogP contribution is -2.16. The van der Waals surface area contributed by atoms with Gasteiger partial charge < -0.3 is 141 Å². The molecule has 0 aliphatic rings. The maximum Gasteiger partial charge on any atom is 0.0701 e. The van der Waals surface area contributed by atoms with Crippen LogP contribution in [0.1, 0.15) is 69.2 Å². The quantitative estimate of drug-likeness (QED) is 0.0331. The van der Waals surface area contributed by atoms with Crippen molar-refractivity contribution in [2.75, 3.05) is 297 Å². The van der Waals surface area contributed by atoms with Gasteiger partial charge in [-0.1, -0.05) is 0 Å². The average molecular weight is 1270 g/mol. The summed E-state index contributed by atoms with van der Waals surface area (Å²) in [5.41, 5.74) is 0. The van der Waals surface area contributed by atoms with Crippen molar-refractivity contribution in [2.45, 2.75) is 69.2 Å². The number of rotatable bonds is 54. The number of carbonyl (C=O) groups excluding carboxylic acids is 1. The van der Waals surface area contributed by atoms with Crippen LogP contribution in [0.15, 0.2) is 0 Å². The molecular weight excluding hydrogens is 1140 g/mol. The molecule has 0 aromatic carbocycles. The van der Waals surface area contributed by atoms with Gasteiger partial charge in [0.15, 0.2) is 0 Å². The van der Waals surface area contributed by atoms with Crippen LogP contribution >= 0.6 is 0 Å². The van der Waals surface area contributed by atoms with Crippen LogP contribution in [0.4, 0.5) is 0 Å².